The third-order valence-corrected chi connectivity index (χ3v) is 2.69. The highest BCUT2D eigenvalue weighted by atomic mass is 16.5. The van der Waals surface area contributed by atoms with E-state index in [9.17, 15) is 4.79 Å². The summed E-state index contributed by atoms with van der Waals surface area (Å²) in [5.41, 5.74) is 6.35. The third kappa shape index (κ3) is 2.81. The lowest BCUT2D eigenvalue weighted by molar-refractivity contribution is 0.00645. The van der Waals surface area contributed by atoms with Crippen molar-refractivity contribution in [2.75, 3.05) is 6.61 Å². The van der Waals surface area contributed by atoms with Gasteiger partial charge in [-0.1, -0.05) is 18.2 Å². The number of rotatable bonds is 2. The molecule has 1 saturated heterocycles. The van der Waals surface area contributed by atoms with Gasteiger partial charge in [0.2, 0.25) is 0 Å². The third-order valence-electron chi connectivity index (χ3n) is 2.69. The van der Waals surface area contributed by atoms with E-state index in [0.29, 0.717) is 18.6 Å². The highest BCUT2D eigenvalue weighted by molar-refractivity contribution is 5.94. The van der Waals surface area contributed by atoms with Crippen molar-refractivity contribution in [1.29, 1.82) is 0 Å². The molecule has 2 unspecified atom stereocenters. The summed E-state index contributed by atoms with van der Waals surface area (Å²) < 4.78 is 5.22. The predicted molar refractivity (Wildman–Crippen MR) is 60.9 cm³/mol. The quantitative estimate of drug-likeness (QED) is 0.777. The number of carbonyl (C=O) groups is 1. The summed E-state index contributed by atoms with van der Waals surface area (Å²) in [6, 6.07) is 9.32. The second-order valence-electron chi connectivity index (χ2n) is 3.97. The van der Waals surface area contributed by atoms with Crippen molar-refractivity contribution in [3.05, 3.63) is 35.9 Å². The molecule has 0 radical (unpaired) electrons. The van der Waals surface area contributed by atoms with Crippen LogP contribution in [0.1, 0.15) is 23.2 Å². The lowest BCUT2D eigenvalue weighted by atomic mass is 10.1. The van der Waals surface area contributed by atoms with E-state index < -0.39 is 0 Å². The summed E-state index contributed by atoms with van der Waals surface area (Å²) in [5, 5.41) is 2.97. The van der Waals surface area contributed by atoms with Crippen LogP contribution in [0.15, 0.2) is 30.3 Å². The van der Waals surface area contributed by atoms with Crippen LogP contribution in [-0.2, 0) is 4.74 Å². The van der Waals surface area contributed by atoms with E-state index in [1.54, 1.807) is 12.1 Å². The molecule has 2 atom stereocenters. The van der Waals surface area contributed by atoms with E-state index in [2.05, 4.69) is 5.32 Å². The zero-order valence-electron chi connectivity index (χ0n) is 9.06. The van der Waals surface area contributed by atoms with Crippen molar-refractivity contribution in [3.63, 3.8) is 0 Å². The number of nitrogens with one attached hydrogen (secondary N) is 1. The first kappa shape index (κ1) is 11.1. The zero-order valence-corrected chi connectivity index (χ0v) is 9.06. The molecule has 0 aliphatic carbocycles. The minimum absolute atomic E-state index is 0.0419. The van der Waals surface area contributed by atoms with Crippen molar-refractivity contribution in [2.45, 2.75) is 25.1 Å². The molecule has 4 nitrogen and oxygen atoms in total. The number of amides is 1. The maximum absolute atomic E-state index is 11.8. The fourth-order valence-corrected chi connectivity index (χ4v) is 1.82. The molecule has 0 spiro atoms. The second-order valence-corrected chi connectivity index (χ2v) is 3.97. The average Bonchev–Trinajstić information content (AvgIpc) is 2.30. The van der Waals surface area contributed by atoms with Gasteiger partial charge in [0.25, 0.3) is 5.91 Å². The Labute approximate surface area is 94.8 Å². The van der Waals surface area contributed by atoms with Gasteiger partial charge in [0.05, 0.1) is 6.61 Å². The first-order valence-electron chi connectivity index (χ1n) is 5.49. The zero-order chi connectivity index (χ0) is 11.4. The molecule has 0 aromatic heterocycles. The lowest BCUT2D eigenvalue weighted by Crippen LogP contribution is -2.44. The minimum Gasteiger partial charge on any atom is -0.363 e. The van der Waals surface area contributed by atoms with Gasteiger partial charge in [0, 0.05) is 18.0 Å². The SMILES string of the molecule is NC1CC(NC(=O)c2ccccc2)CCO1. The van der Waals surface area contributed by atoms with E-state index in [4.69, 9.17) is 10.5 Å². The van der Waals surface area contributed by atoms with Crippen LogP contribution in [-0.4, -0.2) is 24.8 Å². The van der Waals surface area contributed by atoms with Gasteiger partial charge < -0.3 is 15.8 Å². The fraction of sp³-hybridized carbons (Fsp3) is 0.417. The van der Waals surface area contributed by atoms with Crippen molar-refractivity contribution in [1.82, 2.24) is 5.32 Å². The standard InChI is InChI=1S/C12H16N2O2/c13-11-8-10(6-7-16-11)14-12(15)9-4-2-1-3-5-9/h1-5,10-11H,6-8,13H2,(H,14,15). The van der Waals surface area contributed by atoms with Crippen LogP contribution in [0.2, 0.25) is 0 Å². The van der Waals surface area contributed by atoms with Crippen LogP contribution < -0.4 is 11.1 Å². The Hall–Kier alpha value is -1.39. The molecule has 3 N–H and O–H groups in total. The summed E-state index contributed by atoms with van der Waals surface area (Å²) in [6.45, 7) is 0.612. The largest absolute Gasteiger partial charge is 0.363 e. The first-order chi connectivity index (χ1) is 7.75. The van der Waals surface area contributed by atoms with Gasteiger partial charge in [-0.05, 0) is 18.6 Å². The molecule has 1 aliphatic rings. The number of nitrogens with two attached hydrogens (primary N) is 1. The molecule has 2 rings (SSSR count). The van der Waals surface area contributed by atoms with Gasteiger partial charge in [0.15, 0.2) is 0 Å². The fourth-order valence-electron chi connectivity index (χ4n) is 1.82. The highest BCUT2D eigenvalue weighted by Gasteiger charge is 2.21. The molecule has 1 aliphatic heterocycles. The molecule has 1 fully saturated rings. The number of hydrogen-bond acceptors (Lipinski definition) is 3. The molecule has 1 heterocycles. The predicted octanol–water partition coefficient (Wildman–Crippen LogP) is 0.880. The summed E-state index contributed by atoms with van der Waals surface area (Å²) in [4.78, 5) is 11.8. The number of carbonyl (C=O) groups excluding carboxylic acids is 1. The number of ether oxygens (including phenoxy) is 1. The Morgan fingerprint density at radius 3 is 2.81 bits per heavy atom. The summed E-state index contributed by atoms with van der Waals surface area (Å²) in [6.07, 6.45) is 1.25. The molecular formula is C12H16N2O2. The van der Waals surface area contributed by atoms with Gasteiger partial charge in [0.1, 0.15) is 6.23 Å². The van der Waals surface area contributed by atoms with E-state index in [1.807, 2.05) is 18.2 Å². The van der Waals surface area contributed by atoms with Crippen LogP contribution in [0.3, 0.4) is 0 Å². The van der Waals surface area contributed by atoms with Gasteiger partial charge in [-0.2, -0.15) is 0 Å². The van der Waals surface area contributed by atoms with Gasteiger partial charge in [-0.3, -0.25) is 4.79 Å². The summed E-state index contributed by atoms with van der Waals surface area (Å²) in [7, 11) is 0. The van der Waals surface area contributed by atoms with Crippen molar-refractivity contribution in [2.24, 2.45) is 5.73 Å². The normalized spacial score (nSPS) is 25.1. The smallest absolute Gasteiger partial charge is 0.251 e. The van der Waals surface area contributed by atoms with E-state index >= 15 is 0 Å². The van der Waals surface area contributed by atoms with Gasteiger partial charge in [-0.15, -0.1) is 0 Å². The monoisotopic (exact) mass is 220 g/mol. The van der Waals surface area contributed by atoms with E-state index in [1.165, 1.54) is 0 Å². The summed E-state index contributed by atoms with van der Waals surface area (Å²) in [5.74, 6) is -0.0419. The Bertz CT molecular complexity index is 353. The van der Waals surface area contributed by atoms with E-state index in [0.717, 1.165) is 6.42 Å². The van der Waals surface area contributed by atoms with E-state index in [-0.39, 0.29) is 18.2 Å². The average molecular weight is 220 g/mol. The second kappa shape index (κ2) is 5.09. The maximum atomic E-state index is 11.8. The van der Waals surface area contributed by atoms with Crippen molar-refractivity contribution in [3.8, 4) is 0 Å². The minimum atomic E-state index is -0.255. The molecule has 0 bridgehead atoms. The van der Waals surface area contributed by atoms with Crippen LogP contribution in [0.5, 0.6) is 0 Å². The summed E-state index contributed by atoms with van der Waals surface area (Å²) >= 11 is 0. The van der Waals surface area contributed by atoms with Crippen LogP contribution in [0, 0.1) is 0 Å². The molecular weight excluding hydrogens is 204 g/mol. The molecule has 1 aromatic rings. The Kier molecular flexibility index (Phi) is 3.54. The van der Waals surface area contributed by atoms with Crippen molar-refractivity contribution >= 4 is 5.91 Å². The molecule has 16 heavy (non-hydrogen) atoms. The molecule has 86 valence electrons. The Morgan fingerprint density at radius 2 is 2.12 bits per heavy atom. The van der Waals surface area contributed by atoms with Gasteiger partial charge >= 0.3 is 0 Å². The Morgan fingerprint density at radius 1 is 1.38 bits per heavy atom. The highest BCUT2D eigenvalue weighted by Crippen LogP contribution is 2.11. The molecule has 1 aromatic carbocycles. The molecule has 0 saturated carbocycles. The molecule has 1 amide bonds. The maximum Gasteiger partial charge on any atom is 0.251 e. The lowest BCUT2D eigenvalue weighted by Gasteiger charge is -2.27. The number of hydrogen-bond donors (Lipinski definition) is 2. The first-order valence-corrected chi connectivity index (χ1v) is 5.49. The Balaban J connectivity index is 1.92. The number of benzene rings is 1. The topological polar surface area (TPSA) is 64.3 Å². The molecule has 4 heteroatoms. The van der Waals surface area contributed by atoms with Crippen LogP contribution in [0.25, 0.3) is 0 Å². The van der Waals surface area contributed by atoms with Crippen molar-refractivity contribution < 1.29 is 9.53 Å². The van der Waals surface area contributed by atoms with Crippen LogP contribution in [0.4, 0.5) is 0 Å². The van der Waals surface area contributed by atoms with Gasteiger partial charge in [-0.25, -0.2) is 0 Å². The van der Waals surface area contributed by atoms with Crippen LogP contribution >= 0.6 is 0 Å².